The summed E-state index contributed by atoms with van der Waals surface area (Å²) in [4.78, 5) is 23.7. The number of thioether (sulfide) groups is 1. The third-order valence-electron chi connectivity index (χ3n) is 3.56. The van der Waals surface area contributed by atoms with E-state index < -0.39 is 0 Å². The molecule has 1 heterocycles. The Bertz CT molecular complexity index is 706. The Kier molecular flexibility index (Phi) is 7.11. The van der Waals surface area contributed by atoms with Gasteiger partial charge in [-0.1, -0.05) is 44.2 Å². The molecule has 0 bridgehead atoms. The summed E-state index contributed by atoms with van der Waals surface area (Å²) in [6, 6.07) is 7.94. The first-order valence-corrected chi connectivity index (χ1v) is 9.29. The number of rotatable bonds is 9. The summed E-state index contributed by atoms with van der Waals surface area (Å²) in [5, 5.41) is 9.80. The van der Waals surface area contributed by atoms with Crippen LogP contribution in [0.3, 0.4) is 0 Å². The third kappa shape index (κ3) is 5.26. The minimum atomic E-state index is -0.234. The SMILES string of the molecule is CCCCc1ccc(NC(=O)CSc2n[nH]c(=O)n2CCC)cc1. The number of aryl methyl sites for hydroxylation is 1. The lowest BCUT2D eigenvalue weighted by molar-refractivity contribution is -0.113. The van der Waals surface area contributed by atoms with E-state index in [1.807, 2.05) is 31.2 Å². The standard InChI is InChI=1S/C17H24N4O2S/c1-3-5-6-13-7-9-14(10-8-13)18-15(22)12-24-17-20-19-16(23)21(17)11-4-2/h7-10H,3-6,11-12H2,1-2H3,(H,18,22)(H,19,23). The topological polar surface area (TPSA) is 79.8 Å². The van der Waals surface area contributed by atoms with Crippen molar-refractivity contribution in [2.45, 2.75) is 51.2 Å². The zero-order valence-electron chi connectivity index (χ0n) is 14.2. The van der Waals surface area contributed by atoms with E-state index in [1.54, 1.807) is 4.57 Å². The molecule has 0 fully saturated rings. The van der Waals surface area contributed by atoms with E-state index in [9.17, 15) is 9.59 Å². The maximum atomic E-state index is 12.1. The van der Waals surface area contributed by atoms with Gasteiger partial charge in [0.1, 0.15) is 0 Å². The molecule has 0 unspecified atom stereocenters. The lowest BCUT2D eigenvalue weighted by atomic mass is 10.1. The number of carbonyl (C=O) groups excluding carboxylic acids is 1. The molecule has 130 valence electrons. The molecular weight excluding hydrogens is 324 g/mol. The lowest BCUT2D eigenvalue weighted by Gasteiger charge is -2.07. The van der Waals surface area contributed by atoms with Crippen molar-refractivity contribution >= 4 is 23.4 Å². The zero-order valence-corrected chi connectivity index (χ0v) is 15.0. The second-order valence-electron chi connectivity index (χ2n) is 5.60. The summed E-state index contributed by atoms with van der Waals surface area (Å²) in [6.07, 6.45) is 4.25. The minimum absolute atomic E-state index is 0.111. The van der Waals surface area contributed by atoms with Crippen molar-refractivity contribution in [3.63, 3.8) is 0 Å². The third-order valence-corrected chi connectivity index (χ3v) is 4.54. The van der Waals surface area contributed by atoms with Crippen molar-refractivity contribution < 1.29 is 4.79 Å². The average molecular weight is 348 g/mol. The molecule has 7 heteroatoms. The van der Waals surface area contributed by atoms with Gasteiger partial charge in [-0.25, -0.2) is 9.89 Å². The van der Waals surface area contributed by atoms with Crippen molar-refractivity contribution in [2.75, 3.05) is 11.1 Å². The van der Waals surface area contributed by atoms with E-state index in [0.29, 0.717) is 11.7 Å². The maximum absolute atomic E-state index is 12.1. The summed E-state index contributed by atoms with van der Waals surface area (Å²) in [5.41, 5.74) is 1.83. The molecule has 0 aliphatic rings. The van der Waals surface area contributed by atoms with Crippen LogP contribution in [0, 0.1) is 0 Å². The second kappa shape index (κ2) is 9.32. The number of H-pyrrole nitrogens is 1. The Morgan fingerprint density at radius 3 is 2.67 bits per heavy atom. The summed E-state index contributed by atoms with van der Waals surface area (Å²) in [7, 11) is 0. The summed E-state index contributed by atoms with van der Waals surface area (Å²) in [5.74, 6) is 0.103. The average Bonchev–Trinajstić information content (AvgIpc) is 2.93. The summed E-state index contributed by atoms with van der Waals surface area (Å²) in [6.45, 7) is 4.76. The van der Waals surface area contributed by atoms with Crippen molar-refractivity contribution in [2.24, 2.45) is 0 Å². The lowest BCUT2D eigenvalue weighted by Crippen LogP contribution is -2.18. The fourth-order valence-corrected chi connectivity index (χ4v) is 3.07. The van der Waals surface area contributed by atoms with E-state index in [2.05, 4.69) is 22.4 Å². The predicted molar refractivity (Wildman–Crippen MR) is 97.5 cm³/mol. The van der Waals surface area contributed by atoms with Gasteiger partial charge in [0.25, 0.3) is 0 Å². The van der Waals surface area contributed by atoms with Gasteiger partial charge in [0.05, 0.1) is 5.75 Å². The van der Waals surface area contributed by atoms with Crippen molar-refractivity contribution in [3.05, 3.63) is 40.3 Å². The number of anilines is 1. The van der Waals surface area contributed by atoms with Gasteiger partial charge in [-0.3, -0.25) is 9.36 Å². The second-order valence-corrected chi connectivity index (χ2v) is 6.54. The Balaban J connectivity index is 1.86. The fraction of sp³-hybridized carbons (Fsp3) is 0.471. The first kappa shape index (κ1) is 18.3. The van der Waals surface area contributed by atoms with Gasteiger partial charge in [-0.2, -0.15) is 0 Å². The van der Waals surface area contributed by atoms with Crippen LogP contribution in [0.1, 0.15) is 38.7 Å². The fourth-order valence-electron chi connectivity index (χ4n) is 2.30. The highest BCUT2D eigenvalue weighted by Gasteiger charge is 2.11. The van der Waals surface area contributed by atoms with Gasteiger partial charge in [0, 0.05) is 12.2 Å². The van der Waals surface area contributed by atoms with Crippen LogP contribution in [0.25, 0.3) is 0 Å². The van der Waals surface area contributed by atoms with E-state index in [1.165, 1.54) is 30.2 Å². The molecule has 0 saturated carbocycles. The quantitative estimate of drug-likeness (QED) is 0.683. The first-order chi connectivity index (χ1) is 11.6. The van der Waals surface area contributed by atoms with Crippen LogP contribution in [0.5, 0.6) is 0 Å². The molecule has 0 spiro atoms. The van der Waals surface area contributed by atoms with Crippen LogP contribution < -0.4 is 11.0 Å². The van der Waals surface area contributed by atoms with Crippen LogP contribution in [-0.4, -0.2) is 26.4 Å². The number of unbranched alkanes of at least 4 members (excludes halogenated alkanes) is 1. The molecule has 24 heavy (non-hydrogen) atoms. The molecule has 0 radical (unpaired) electrons. The van der Waals surface area contributed by atoms with Gasteiger partial charge in [-0.15, -0.1) is 5.10 Å². The molecule has 6 nitrogen and oxygen atoms in total. The van der Waals surface area contributed by atoms with E-state index in [4.69, 9.17) is 0 Å². The highest BCUT2D eigenvalue weighted by Crippen LogP contribution is 2.15. The van der Waals surface area contributed by atoms with Crippen LogP contribution in [0.15, 0.2) is 34.2 Å². The summed E-state index contributed by atoms with van der Waals surface area (Å²) >= 11 is 1.26. The predicted octanol–water partition coefficient (Wildman–Crippen LogP) is 3.05. The highest BCUT2D eigenvalue weighted by molar-refractivity contribution is 7.99. The number of nitrogens with zero attached hydrogens (tertiary/aromatic N) is 2. The Morgan fingerprint density at radius 2 is 2.00 bits per heavy atom. The molecule has 0 aliphatic heterocycles. The van der Waals surface area contributed by atoms with E-state index >= 15 is 0 Å². The van der Waals surface area contributed by atoms with Gasteiger partial charge in [-0.05, 0) is 37.0 Å². The highest BCUT2D eigenvalue weighted by atomic mass is 32.2. The molecule has 0 aliphatic carbocycles. The molecule has 1 aromatic carbocycles. The molecule has 0 atom stereocenters. The molecule has 2 aromatic rings. The van der Waals surface area contributed by atoms with Crippen molar-refractivity contribution in [1.29, 1.82) is 0 Å². The van der Waals surface area contributed by atoms with Crippen molar-refractivity contribution in [1.82, 2.24) is 14.8 Å². The number of nitrogens with one attached hydrogen (secondary N) is 2. The molecule has 2 N–H and O–H groups in total. The van der Waals surface area contributed by atoms with Gasteiger partial charge in [0.15, 0.2) is 5.16 Å². The molecular formula is C17H24N4O2S. The monoisotopic (exact) mass is 348 g/mol. The minimum Gasteiger partial charge on any atom is -0.325 e. The Morgan fingerprint density at radius 1 is 1.25 bits per heavy atom. The van der Waals surface area contributed by atoms with E-state index in [0.717, 1.165) is 18.5 Å². The molecule has 0 saturated heterocycles. The number of hydrogen-bond donors (Lipinski definition) is 2. The van der Waals surface area contributed by atoms with Crippen LogP contribution in [0.4, 0.5) is 5.69 Å². The van der Waals surface area contributed by atoms with Gasteiger partial charge < -0.3 is 5.32 Å². The Hall–Kier alpha value is -2.02. The maximum Gasteiger partial charge on any atom is 0.343 e. The largest absolute Gasteiger partial charge is 0.343 e. The molecule has 1 amide bonds. The molecule has 1 aromatic heterocycles. The van der Waals surface area contributed by atoms with Crippen LogP contribution in [0.2, 0.25) is 0 Å². The smallest absolute Gasteiger partial charge is 0.325 e. The number of amides is 1. The normalized spacial score (nSPS) is 10.8. The summed E-state index contributed by atoms with van der Waals surface area (Å²) < 4.78 is 1.56. The number of aromatic amines is 1. The Labute approximate surface area is 146 Å². The zero-order chi connectivity index (χ0) is 17.4. The first-order valence-electron chi connectivity index (χ1n) is 8.30. The van der Waals surface area contributed by atoms with E-state index in [-0.39, 0.29) is 17.3 Å². The number of aromatic nitrogens is 3. The molecule has 2 rings (SSSR count). The van der Waals surface area contributed by atoms with Crippen LogP contribution >= 0.6 is 11.8 Å². The van der Waals surface area contributed by atoms with Crippen molar-refractivity contribution in [3.8, 4) is 0 Å². The number of hydrogen-bond acceptors (Lipinski definition) is 4. The van der Waals surface area contributed by atoms with Gasteiger partial charge >= 0.3 is 5.69 Å². The van der Waals surface area contributed by atoms with Crippen LogP contribution in [-0.2, 0) is 17.8 Å². The number of benzene rings is 1. The van der Waals surface area contributed by atoms with Gasteiger partial charge in [0.2, 0.25) is 5.91 Å². The number of carbonyl (C=O) groups is 1.